The fourth-order valence-corrected chi connectivity index (χ4v) is 3.02. The Morgan fingerprint density at radius 2 is 1.39 bits per heavy atom. The van der Waals surface area contributed by atoms with Crippen LogP contribution in [0.2, 0.25) is 0 Å². The van der Waals surface area contributed by atoms with Gasteiger partial charge in [-0.3, -0.25) is 0 Å². The van der Waals surface area contributed by atoms with Crippen molar-refractivity contribution in [1.29, 1.82) is 0 Å². The van der Waals surface area contributed by atoms with E-state index in [1.165, 1.54) is 0 Å². The molecule has 0 radical (unpaired) electrons. The number of hydrogen-bond donors (Lipinski definition) is 0. The van der Waals surface area contributed by atoms with Gasteiger partial charge in [-0.25, -0.2) is 15.0 Å². The molecule has 0 aliphatic rings. The van der Waals surface area contributed by atoms with E-state index in [4.69, 9.17) is 69.6 Å². The summed E-state index contributed by atoms with van der Waals surface area (Å²) in [5.74, 6) is -0.0333. The highest BCUT2D eigenvalue weighted by Gasteiger charge is 2.33. The van der Waals surface area contributed by atoms with Crippen LogP contribution in [-0.2, 0) is 7.59 Å². The molecule has 0 unspecified atom stereocenters. The van der Waals surface area contributed by atoms with Crippen molar-refractivity contribution in [3.8, 4) is 0 Å². The number of nitrogens with zero attached hydrogens (tertiary/aromatic N) is 4. The van der Waals surface area contributed by atoms with Crippen LogP contribution in [-0.4, -0.2) is 28.0 Å². The minimum atomic E-state index is -1.88. The van der Waals surface area contributed by atoms with Gasteiger partial charge in [0.1, 0.15) is 0 Å². The lowest BCUT2D eigenvalue weighted by Crippen LogP contribution is -2.21. The smallest absolute Gasteiger partial charge is 0.250 e. The van der Waals surface area contributed by atoms with E-state index in [9.17, 15) is 0 Å². The second-order valence-electron chi connectivity index (χ2n) is 5.88. The molecule has 0 N–H and O–H groups in total. The zero-order chi connectivity index (χ0) is 21.1. The zero-order valence-electron chi connectivity index (χ0n) is 15.4. The Labute approximate surface area is 194 Å². The van der Waals surface area contributed by atoms with E-state index in [0.717, 1.165) is 29.9 Å². The Hall–Kier alpha value is -0.490. The molecule has 1 aromatic heterocycles. The summed E-state index contributed by atoms with van der Waals surface area (Å²) in [6.45, 7) is 8.15. The average Bonchev–Trinajstić information content (AvgIpc) is 2.60. The molecule has 4 nitrogen and oxygen atoms in total. The van der Waals surface area contributed by atoms with Gasteiger partial charge in [0.25, 0.3) is 0 Å². The van der Waals surface area contributed by atoms with Gasteiger partial charge in [0.05, 0.1) is 0 Å². The summed E-state index contributed by atoms with van der Waals surface area (Å²) in [5, 5.41) is 0. The molecule has 0 atom stereocenters. The number of benzene rings is 1. The largest absolute Gasteiger partial charge is 0.372 e. The molecule has 152 valence electrons. The molecule has 1 aromatic carbocycles. The first-order chi connectivity index (χ1) is 13.0. The first kappa shape index (κ1) is 23.8. The zero-order valence-corrected chi connectivity index (χ0v) is 19.9. The fraction of sp³-hybridized carbons (Fsp3) is 0.389. The van der Waals surface area contributed by atoms with E-state index in [-0.39, 0.29) is 17.5 Å². The summed E-state index contributed by atoms with van der Waals surface area (Å²) < 4.78 is -3.75. The van der Waals surface area contributed by atoms with Crippen molar-refractivity contribution in [3.63, 3.8) is 0 Å². The predicted octanol–water partition coefficient (Wildman–Crippen LogP) is 6.85. The topological polar surface area (TPSA) is 41.9 Å². The minimum absolute atomic E-state index is 0.123. The molecular weight excluding hydrogens is 485 g/mol. The quantitative estimate of drug-likeness (QED) is 0.419. The number of hydrogen-bond acceptors (Lipinski definition) is 4. The lowest BCUT2D eigenvalue weighted by molar-refractivity contribution is 0.835. The van der Waals surface area contributed by atoms with Gasteiger partial charge in [-0.05, 0) is 50.1 Å². The van der Waals surface area contributed by atoms with Crippen LogP contribution >= 0.6 is 69.6 Å². The van der Waals surface area contributed by atoms with Crippen molar-refractivity contribution in [3.05, 3.63) is 46.8 Å². The van der Waals surface area contributed by atoms with Gasteiger partial charge >= 0.3 is 0 Å². The maximum absolute atomic E-state index is 5.89. The molecule has 0 bridgehead atoms. The lowest BCUT2D eigenvalue weighted by Gasteiger charge is -2.21. The highest BCUT2D eigenvalue weighted by atomic mass is 35.6. The van der Waals surface area contributed by atoms with E-state index in [2.05, 4.69) is 45.8 Å². The molecule has 0 amide bonds. The molecule has 0 saturated carbocycles. The van der Waals surface area contributed by atoms with Crippen LogP contribution in [0, 0.1) is 6.92 Å². The minimum Gasteiger partial charge on any atom is -0.372 e. The molecule has 2 rings (SSSR count). The maximum atomic E-state index is 5.89. The third-order valence-corrected chi connectivity index (χ3v) is 4.97. The van der Waals surface area contributed by atoms with Gasteiger partial charge in [-0.1, -0.05) is 81.7 Å². The lowest BCUT2D eigenvalue weighted by atomic mass is 10.1. The molecule has 0 aliphatic heterocycles. The number of aryl methyl sites for hydroxylation is 1. The molecule has 0 saturated heterocycles. The van der Waals surface area contributed by atoms with Crippen LogP contribution in [0.5, 0.6) is 0 Å². The Morgan fingerprint density at radius 3 is 1.82 bits per heavy atom. The van der Waals surface area contributed by atoms with Crippen LogP contribution in [0.15, 0.2) is 18.2 Å². The fourth-order valence-electron chi connectivity index (χ4n) is 2.52. The highest BCUT2D eigenvalue weighted by molar-refractivity contribution is 6.67. The van der Waals surface area contributed by atoms with Crippen molar-refractivity contribution in [2.24, 2.45) is 0 Å². The Balaban J connectivity index is 2.40. The number of alkyl halides is 6. The van der Waals surface area contributed by atoms with E-state index in [1.54, 1.807) is 6.08 Å². The number of aromatic nitrogens is 3. The van der Waals surface area contributed by atoms with Crippen LogP contribution in [0.4, 0.5) is 5.69 Å². The Kier molecular flexibility index (Phi) is 8.11. The number of halogens is 6. The summed E-state index contributed by atoms with van der Waals surface area (Å²) in [6, 6.07) is 6.21. The number of anilines is 1. The molecule has 1 heterocycles. The molecule has 0 fully saturated rings. The van der Waals surface area contributed by atoms with E-state index in [1.807, 2.05) is 19.1 Å². The summed E-state index contributed by atoms with van der Waals surface area (Å²) in [4.78, 5) is 14.5. The van der Waals surface area contributed by atoms with Crippen LogP contribution < -0.4 is 4.90 Å². The van der Waals surface area contributed by atoms with E-state index < -0.39 is 7.59 Å². The van der Waals surface area contributed by atoms with Crippen LogP contribution in [0.3, 0.4) is 0 Å². The van der Waals surface area contributed by atoms with Crippen molar-refractivity contribution < 1.29 is 0 Å². The molecule has 10 heteroatoms. The van der Waals surface area contributed by atoms with Gasteiger partial charge in [0.15, 0.2) is 17.5 Å². The van der Waals surface area contributed by atoms with Gasteiger partial charge in [-0.15, -0.1) is 0 Å². The monoisotopic (exact) mass is 500 g/mol. The highest BCUT2D eigenvalue weighted by Crippen LogP contribution is 2.40. The van der Waals surface area contributed by atoms with E-state index >= 15 is 0 Å². The summed E-state index contributed by atoms with van der Waals surface area (Å²) in [7, 11) is 0. The SMILES string of the molecule is CCN(CC)c1ccc(/C=C/c2nc(C(Cl)(Cl)Cl)nc(C(Cl)(Cl)Cl)n2)c(C)c1. The third kappa shape index (κ3) is 6.25. The Morgan fingerprint density at radius 1 is 0.857 bits per heavy atom. The van der Waals surface area contributed by atoms with Crippen molar-refractivity contribution in [1.82, 2.24) is 15.0 Å². The predicted molar refractivity (Wildman–Crippen MR) is 122 cm³/mol. The molecule has 28 heavy (non-hydrogen) atoms. The summed E-state index contributed by atoms with van der Waals surface area (Å²) >= 11 is 35.3. The third-order valence-electron chi connectivity index (χ3n) is 3.95. The van der Waals surface area contributed by atoms with Gasteiger partial charge in [0, 0.05) is 18.8 Å². The average molecular weight is 503 g/mol. The first-order valence-corrected chi connectivity index (χ1v) is 10.7. The van der Waals surface area contributed by atoms with Crippen molar-refractivity contribution >= 4 is 87.4 Å². The second kappa shape index (κ2) is 9.55. The normalized spacial score (nSPS) is 12.6. The van der Waals surface area contributed by atoms with Gasteiger partial charge < -0.3 is 4.90 Å². The summed E-state index contributed by atoms with van der Waals surface area (Å²) in [6.07, 6.45) is 3.50. The molecule has 2 aromatic rings. The maximum Gasteiger partial charge on any atom is 0.250 e. The van der Waals surface area contributed by atoms with Crippen molar-refractivity contribution in [2.45, 2.75) is 28.4 Å². The number of rotatable bonds is 5. The molecular formula is C18H18Cl6N4. The van der Waals surface area contributed by atoms with Gasteiger partial charge in [-0.2, -0.15) is 0 Å². The summed E-state index contributed by atoms with van der Waals surface area (Å²) in [5.41, 5.74) is 3.25. The first-order valence-electron chi connectivity index (χ1n) is 8.39. The van der Waals surface area contributed by atoms with Gasteiger partial charge in [0.2, 0.25) is 7.59 Å². The molecule has 0 spiro atoms. The second-order valence-corrected chi connectivity index (χ2v) is 10.4. The Bertz CT molecular complexity index is 822. The van der Waals surface area contributed by atoms with E-state index in [0.29, 0.717) is 0 Å². The van der Waals surface area contributed by atoms with Crippen LogP contribution in [0.25, 0.3) is 12.2 Å². The van der Waals surface area contributed by atoms with Crippen molar-refractivity contribution in [2.75, 3.05) is 18.0 Å². The molecule has 0 aliphatic carbocycles. The standard InChI is InChI=1S/C18H18Cl6N4/c1-4-28(5-2)13-8-6-12(11(3)10-13)7-9-14-25-15(17(19,20)21)27-16(26-14)18(22,23)24/h6-10H,4-5H2,1-3H3/b9-7+. The van der Waals surface area contributed by atoms with Crippen LogP contribution in [0.1, 0.15) is 42.4 Å².